The van der Waals surface area contributed by atoms with Gasteiger partial charge in [-0.1, -0.05) is 30.3 Å². The fourth-order valence-electron chi connectivity index (χ4n) is 3.89. The van der Waals surface area contributed by atoms with Gasteiger partial charge in [0.15, 0.2) is 5.78 Å². The molecule has 1 aromatic carbocycles. The first-order valence-corrected chi connectivity index (χ1v) is 8.05. The molecule has 6 heteroatoms. The van der Waals surface area contributed by atoms with E-state index >= 15 is 0 Å². The number of nitrogens with zero attached hydrogens (tertiary/aromatic N) is 2. The highest BCUT2D eigenvalue weighted by Gasteiger charge is 2.64. The number of ketones is 1. The molecule has 1 N–H and O–H groups in total. The van der Waals surface area contributed by atoms with Gasteiger partial charge >= 0.3 is 6.03 Å². The summed E-state index contributed by atoms with van der Waals surface area (Å²) in [5.41, 5.74) is 0.999. The van der Waals surface area contributed by atoms with Crippen molar-refractivity contribution in [1.82, 2.24) is 9.96 Å². The third kappa shape index (κ3) is 2.33. The number of urea groups is 1. The van der Waals surface area contributed by atoms with Gasteiger partial charge in [-0.25, -0.2) is 4.79 Å². The van der Waals surface area contributed by atoms with Gasteiger partial charge in [-0.15, -0.1) is 0 Å². The quantitative estimate of drug-likeness (QED) is 0.890. The van der Waals surface area contributed by atoms with E-state index in [0.717, 1.165) is 18.4 Å². The molecule has 2 heterocycles. The number of hydroxylamine groups is 2. The molecule has 3 aliphatic rings. The topological polar surface area (TPSA) is 70.1 Å². The van der Waals surface area contributed by atoms with Gasteiger partial charge in [0.1, 0.15) is 13.2 Å². The van der Waals surface area contributed by atoms with E-state index in [-0.39, 0.29) is 23.3 Å². The molecule has 2 aliphatic heterocycles. The molecule has 6 nitrogen and oxygen atoms in total. The Kier molecular flexibility index (Phi) is 3.39. The zero-order valence-corrected chi connectivity index (χ0v) is 12.9. The van der Waals surface area contributed by atoms with Crippen LogP contribution in [0.2, 0.25) is 0 Å². The minimum Gasteiger partial charge on any atom is -0.389 e. The Morgan fingerprint density at radius 2 is 2.04 bits per heavy atom. The average molecular weight is 316 g/mol. The van der Waals surface area contributed by atoms with E-state index in [1.54, 1.807) is 4.90 Å². The van der Waals surface area contributed by atoms with E-state index in [0.29, 0.717) is 19.6 Å². The van der Waals surface area contributed by atoms with Crippen molar-refractivity contribution in [2.24, 2.45) is 5.41 Å². The Balaban J connectivity index is 1.53. The van der Waals surface area contributed by atoms with Gasteiger partial charge < -0.3 is 10.0 Å². The molecule has 2 bridgehead atoms. The summed E-state index contributed by atoms with van der Waals surface area (Å²) in [7, 11) is 0. The number of rotatable bonds is 5. The molecule has 1 spiro atoms. The number of benzene rings is 1. The van der Waals surface area contributed by atoms with E-state index in [4.69, 9.17) is 4.84 Å². The van der Waals surface area contributed by atoms with Crippen molar-refractivity contribution in [3.8, 4) is 0 Å². The maximum absolute atomic E-state index is 12.6. The van der Waals surface area contributed by atoms with Crippen molar-refractivity contribution in [2.45, 2.75) is 38.0 Å². The summed E-state index contributed by atoms with van der Waals surface area (Å²) in [6, 6.07) is 8.98. The van der Waals surface area contributed by atoms with Crippen LogP contribution in [0.25, 0.3) is 0 Å². The maximum atomic E-state index is 12.6. The van der Waals surface area contributed by atoms with Gasteiger partial charge in [-0.2, -0.15) is 5.06 Å². The Bertz CT molecular complexity index is 629. The van der Waals surface area contributed by atoms with Crippen molar-refractivity contribution >= 4 is 11.8 Å². The minimum absolute atomic E-state index is 0.00511. The number of carbonyl (C=O) groups is 2. The molecule has 0 unspecified atom stereocenters. The van der Waals surface area contributed by atoms with Crippen LogP contribution in [0.15, 0.2) is 30.3 Å². The van der Waals surface area contributed by atoms with E-state index < -0.39 is 12.6 Å². The number of amides is 2. The van der Waals surface area contributed by atoms with E-state index in [1.165, 1.54) is 5.06 Å². The summed E-state index contributed by atoms with van der Waals surface area (Å²) in [5.74, 6) is -0.270. The molecule has 1 aliphatic carbocycles. The highest BCUT2D eigenvalue weighted by molar-refractivity contribution is 5.91. The molecule has 2 atom stereocenters. The van der Waals surface area contributed by atoms with Gasteiger partial charge in [-0.05, 0) is 30.2 Å². The molecule has 2 saturated heterocycles. The summed E-state index contributed by atoms with van der Waals surface area (Å²) in [6.45, 7) is 0.343. The second-order valence-electron chi connectivity index (χ2n) is 6.74. The summed E-state index contributed by atoms with van der Waals surface area (Å²) in [5, 5.41) is 10.7. The number of hydrogen-bond donors (Lipinski definition) is 1. The highest BCUT2D eigenvalue weighted by Crippen LogP contribution is 2.59. The predicted octanol–water partition coefficient (Wildman–Crippen LogP) is 1.34. The molecule has 2 amide bonds. The molecule has 3 fully saturated rings. The van der Waals surface area contributed by atoms with Crippen LogP contribution in [0.5, 0.6) is 0 Å². The van der Waals surface area contributed by atoms with Gasteiger partial charge in [0, 0.05) is 6.54 Å². The number of Topliss-reactive ketones (excluding diaryl/α,β-unsaturated/α-hetero) is 1. The minimum atomic E-state index is -0.514. The van der Waals surface area contributed by atoms with Crippen molar-refractivity contribution in [3.05, 3.63) is 35.9 Å². The van der Waals surface area contributed by atoms with Crippen molar-refractivity contribution in [3.63, 3.8) is 0 Å². The zero-order chi connectivity index (χ0) is 16.0. The fraction of sp³-hybridized carbons (Fsp3) is 0.529. The summed E-state index contributed by atoms with van der Waals surface area (Å²) in [4.78, 5) is 32.0. The van der Waals surface area contributed by atoms with Gasteiger partial charge in [0.25, 0.3) is 0 Å². The Morgan fingerprint density at radius 3 is 2.70 bits per heavy atom. The molecule has 23 heavy (non-hydrogen) atoms. The molecule has 0 aromatic heterocycles. The van der Waals surface area contributed by atoms with Gasteiger partial charge in [-0.3, -0.25) is 9.63 Å². The number of aliphatic hydroxyl groups excluding tert-OH is 1. The lowest BCUT2D eigenvalue weighted by Gasteiger charge is -2.35. The second kappa shape index (κ2) is 5.32. The Hall–Kier alpha value is -1.92. The maximum Gasteiger partial charge on any atom is 0.344 e. The number of aliphatic hydroxyl groups is 1. The first kappa shape index (κ1) is 14.7. The molecule has 1 saturated carbocycles. The third-order valence-corrected chi connectivity index (χ3v) is 5.40. The van der Waals surface area contributed by atoms with Gasteiger partial charge in [0.2, 0.25) is 0 Å². The SMILES string of the molecule is O=C(CO)[C@@H]1CC2(CC2)[C@@H]2CN1C(=O)N2OCc1ccccc1. The summed E-state index contributed by atoms with van der Waals surface area (Å²) in [6.07, 6.45) is 2.67. The summed E-state index contributed by atoms with van der Waals surface area (Å²) < 4.78 is 0. The lowest BCUT2D eigenvalue weighted by molar-refractivity contribution is -0.153. The van der Waals surface area contributed by atoms with Gasteiger partial charge in [0.05, 0.1) is 12.1 Å². The average Bonchev–Trinajstić information content (AvgIpc) is 3.29. The molecule has 4 rings (SSSR count). The number of fused-ring (bicyclic) bond motifs is 3. The van der Waals surface area contributed by atoms with Crippen LogP contribution >= 0.6 is 0 Å². The van der Waals surface area contributed by atoms with Crippen molar-refractivity contribution in [1.29, 1.82) is 0 Å². The fourth-order valence-corrected chi connectivity index (χ4v) is 3.89. The molecule has 122 valence electrons. The van der Waals surface area contributed by atoms with E-state index in [1.807, 2.05) is 30.3 Å². The molecular formula is C17H20N2O4. The normalized spacial score (nSPS) is 27.6. The third-order valence-electron chi connectivity index (χ3n) is 5.40. The van der Waals surface area contributed by atoms with Crippen LogP contribution in [-0.2, 0) is 16.2 Å². The Morgan fingerprint density at radius 1 is 1.30 bits per heavy atom. The largest absolute Gasteiger partial charge is 0.389 e. The lowest BCUT2D eigenvalue weighted by atomic mass is 9.84. The second-order valence-corrected chi connectivity index (χ2v) is 6.74. The highest BCUT2D eigenvalue weighted by atomic mass is 16.7. The lowest BCUT2D eigenvalue weighted by Crippen LogP contribution is -2.50. The monoisotopic (exact) mass is 316 g/mol. The smallest absolute Gasteiger partial charge is 0.344 e. The van der Waals surface area contributed by atoms with Crippen LogP contribution in [-0.4, -0.2) is 52.1 Å². The van der Waals surface area contributed by atoms with Crippen LogP contribution in [0.4, 0.5) is 4.79 Å². The van der Waals surface area contributed by atoms with E-state index in [2.05, 4.69) is 0 Å². The van der Waals surface area contributed by atoms with Crippen LogP contribution in [0.3, 0.4) is 0 Å². The molecule has 1 aromatic rings. The van der Waals surface area contributed by atoms with Crippen LogP contribution < -0.4 is 0 Å². The first-order valence-electron chi connectivity index (χ1n) is 8.05. The number of carbonyl (C=O) groups excluding carboxylic acids is 2. The van der Waals surface area contributed by atoms with Crippen molar-refractivity contribution in [2.75, 3.05) is 13.2 Å². The zero-order valence-electron chi connectivity index (χ0n) is 12.9. The summed E-state index contributed by atoms with van der Waals surface area (Å²) >= 11 is 0. The predicted molar refractivity (Wildman–Crippen MR) is 81.1 cm³/mol. The first-order chi connectivity index (χ1) is 11.1. The molecular weight excluding hydrogens is 296 g/mol. The van der Waals surface area contributed by atoms with Crippen molar-refractivity contribution < 1.29 is 19.5 Å². The Labute approximate surface area is 134 Å². The molecule has 0 radical (unpaired) electrons. The van der Waals surface area contributed by atoms with E-state index in [9.17, 15) is 14.7 Å². The standard InChI is InChI=1S/C17H20N2O4/c20-10-14(21)13-8-17(6-7-17)15-9-18(13)16(22)19(15)23-11-12-4-2-1-3-5-12/h1-5,13,15,20H,6-11H2/t13-,15-/m0/s1. The van der Waals surface area contributed by atoms with Crippen LogP contribution in [0.1, 0.15) is 24.8 Å². The number of hydrogen-bond acceptors (Lipinski definition) is 4. The number of piperidine rings is 1. The van der Waals surface area contributed by atoms with Crippen LogP contribution in [0, 0.1) is 5.41 Å².